The molecule has 0 bridgehead atoms. The Kier molecular flexibility index (Phi) is 7.10. The van der Waals surface area contributed by atoms with Gasteiger partial charge in [-0.05, 0) is 88.3 Å². The third kappa shape index (κ3) is 5.69. The van der Waals surface area contributed by atoms with Crippen molar-refractivity contribution >= 4 is 17.7 Å². The van der Waals surface area contributed by atoms with Crippen LogP contribution in [0.2, 0.25) is 0 Å². The number of nitrogens with one attached hydrogen (secondary N) is 1. The Balaban J connectivity index is 1.42. The number of aryl methyl sites for hydroxylation is 1. The fourth-order valence-corrected chi connectivity index (χ4v) is 4.97. The zero-order valence-corrected chi connectivity index (χ0v) is 20.7. The molecule has 0 saturated carbocycles. The summed E-state index contributed by atoms with van der Waals surface area (Å²) in [6.07, 6.45) is 7.87. The number of carbonyl (C=O) groups excluding carboxylic acids is 2. The quantitative estimate of drug-likeness (QED) is 0.708. The van der Waals surface area contributed by atoms with E-state index in [1.54, 1.807) is 0 Å². The van der Waals surface area contributed by atoms with E-state index in [1.807, 2.05) is 75.4 Å². The minimum absolute atomic E-state index is 0.0340. The molecule has 1 fully saturated rings. The molecule has 2 amide bonds. The van der Waals surface area contributed by atoms with Crippen LogP contribution in [0.25, 0.3) is 0 Å². The fraction of sp³-hybridized carbons (Fsp3) is 0.519. The second kappa shape index (κ2) is 10.0. The molecule has 1 aromatic heterocycles. The maximum atomic E-state index is 13.4. The highest BCUT2D eigenvalue weighted by Gasteiger charge is 2.29. The van der Waals surface area contributed by atoms with Gasteiger partial charge >= 0.3 is 6.09 Å². The van der Waals surface area contributed by atoms with Crippen molar-refractivity contribution in [2.75, 3.05) is 25.0 Å². The largest absolute Gasteiger partial charge is 0.444 e. The average Bonchev–Trinajstić information content (AvgIpc) is 2.82. The number of pyridine rings is 1. The van der Waals surface area contributed by atoms with Gasteiger partial charge in [-0.3, -0.25) is 9.78 Å². The van der Waals surface area contributed by atoms with Crippen LogP contribution in [0.5, 0.6) is 0 Å². The zero-order valence-electron chi connectivity index (χ0n) is 20.7. The van der Waals surface area contributed by atoms with Gasteiger partial charge < -0.3 is 19.9 Å². The number of hydrogen-bond acceptors (Lipinski definition) is 5. The number of aromatic nitrogens is 1. The van der Waals surface area contributed by atoms with E-state index in [0.717, 1.165) is 50.8 Å². The summed E-state index contributed by atoms with van der Waals surface area (Å²) in [6.45, 7) is 7.40. The molecule has 1 atom stereocenters. The predicted molar refractivity (Wildman–Crippen MR) is 133 cm³/mol. The van der Waals surface area contributed by atoms with Crippen LogP contribution in [0.1, 0.15) is 74.0 Å². The third-order valence-electron chi connectivity index (χ3n) is 6.76. The summed E-state index contributed by atoms with van der Waals surface area (Å²) in [5.74, 6) is 0.0340. The molecule has 182 valence electrons. The lowest BCUT2D eigenvalue weighted by Crippen LogP contribution is -2.45. The van der Waals surface area contributed by atoms with Crippen molar-refractivity contribution in [1.29, 1.82) is 0 Å². The van der Waals surface area contributed by atoms with E-state index < -0.39 is 11.7 Å². The number of nitrogens with zero attached hydrogens (tertiary/aromatic N) is 3. The first kappa shape index (κ1) is 24.0. The molecule has 1 aliphatic heterocycles. The van der Waals surface area contributed by atoms with Gasteiger partial charge in [0, 0.05) is 49.8 Å². The smallest absolute Gasteiger partial charge is 0.408 e. The van der Waals surface area contributed by atoms with Gasteiger partial charge in [0.25, 0.3) is 5.91 Å². The third-order valence-corrected chi connectivity index (χ3v) is 6.76. The Labute approximate surface area is 202 Å². The predicted octanol–water partition coefficient (Wildman–Crippen LogP) is 4.72. The average molecular weight is 465 g/mol. The molecular formula is C27H36N4O3. The summed E-state index contributed by atoms with van der Waals surface area (Å²) < 4.78 is 5.46. The van der Waals surface area contributed by atoms with Crippen LogP contribution in [0.15, 0.2) is 42.7 Å². The maximum absolute atomic E-state index is 13.4. The van der Waals surface area contributed by atoms with Gasteiger partial charge in [-0.25, -0.2) is 4.79 Å². The molecule has 2 heterocycles. The summed E-state index contributed by atoms with van der Waals surface area (Å²) in [5, 5.41) is 3.01. The van der Waals surface area contributed by atoms with Gasteiger partial charge in [0.1, 0.15) is 5.60 Å². The van der Waals surface area contributed by atoms with Crippen LogP contribution in [-0.4, -0.2) is 53.7 Å². The zero-order chi connectivity index (χ0) is 24.3. The first-order valence-electron chi connectivity index (χ1n) is 12.3. The Bertz CT molecular complexity index is 1010. The Morgan fingerprint density at radius 1 is 1.09 bits per heavy atom. The molecule has 2 aromatic rings. The highest BCUT2D eigenvalue weighted by atomic mass is 16.6. The number of hydrogen-bond donors (Lipinski definition) is 1. The van der Waals surface area contributed by atoms with Crippen LogP contribution in [0.3, 0.4) is 0 Å². The Hall–Kier alpha value is -3.09. The number of rotatable bonds is 4. The lowest BCUT2D eigenvalue weighted by atomic mass is 9.86. The van der Waals surface area contributed by atoms with E-state index in [0.29, 0.717) is 5.56 Å². The second-order valence-electron chi connectivity index (χ2n) is 10.3. The highest BCUT2D eigenvalue weighted by molar-refractivity contribution is 5.94. The van der Waals surface area contributed by atoms with Crippen LogP contribution >= 0.6 is 0 Å². The van der Waals surface area contributed by atoms with Gasteiger partial charge in [0.2, 0.25) is 0 Å². The van der Waals surface area contributed by atoms with Gasteiger partial charge in [-0.2, -0.15) is 0 Å². The second-order valence-corrected chi connectivity index (χ2v) is 10.3. The Morgan fingerprint density at radius 2 is 1.79 bits per heavy atom. The molecule has 1 aromatic carbocycles. The molecule has 1 saturated heterocycles. The molecule has 1 unspecified atom stereocenters. The fourth-order valence-electron chi connectivity index (χ4n) is 4.97. The van der Waals surface area contributed by atoms with E-state index in [2.05, 4.69) is 15.2 Å². The van der Waals surface area contributed by atoms with Crippen LogP contribution < -0.4 is 10.2 Å². The number of piperidine rings is 1. The molecular weight excluding hydrogens is 428 g/mol. The van der Waals surface area contributed by atoms with Crippen molar-refractivity contribution in [3.63, 3.8) is 0 Å². The number of benzene rings is 1. The van der Waals surface area contributed by atoms with E-state index in [9.17, 15) is 9.59 Å². The number of ether oxygens (including phenoxy) is 1. The first-order chi connectivity index (χ1) is 16.2. The minimum atomic E-state index is -0.547. The van der Waals surface area contributed by atoms with Gasteiger partial charge in [0.15, 0.2) is 0 Å². The molecule has 34 heavy (non-hydrogen) atoms. The summed E-state index contributed by atoms with van der Waals surface area (Å²) >= 11 is 0. The first-order valence-corrected chi connectivity index (χ1v) is 12.3. The molecule has 2 aliphatic rings. The van der Waals surface area contributed by atoms with Crippen molar-refractivity contribution < 1.29 is 14.3 Å². The molecule has 1 aliphatic carbocycles. The SMILES string of the molecule is CN(C(=O)c1ccc2c(c1)C(NC(=O)OC(C)(C)C)CCC2)C1CCN(c2ccncc2)CC1. The van der Waals surface area contributed by atoms with Crippen molar-refractivity contribution in [1.82, 2.24) is 15.2 Å². The van der Waals surface area contributed by atoms with E-state index in [4.69, 9.17) is 4.74 Å². The summed E-state index contributed by atoms with van der Waals surface area (Å²) in [7, 11) is 1.91. The minimum Gasteiger partial charge on any atom is -0.444 e. The topological polar surface area (TPSA) is 74.8 Å². The van der Waals surface area contributed by atoms with Crippen LogP contribution in [0.4, 0.5) is 10.5 Å². The number of fused-ring (bicyclic) bond motifs is 1. The van der Waals surface area contributed by atoms with E-state index in [1.165, 1.54) is 11.3 Å². The summed E-state index contributed by atoms with van der Waals surface area (Å²) in [4.78, 5) is 34.1. The van der Waals surface area contributed by atoms with E-state index in [-0.39, 0.29) is 18.0 Å². The van der Waals surface area contributed by atoms with Gasteiger partial charge in [-0.1, -0.05) is 6.07 Å². The molecule has 4 rings (SSSR count). The highest BCUT2D eigenvalue weighted by Crippen LogP contribution is 2.31. The summed E-state index contributed by atoms with van der Waals surface area (Å²) in [5.41, 5.74) is 3.53. The van der Waals surface area contributed by atoms with Crippen LogP contribution in [-0.2, 0) is 11.2 Å². The molecule has 1 N–H and O–H groups in total. The number of carbonyl (C=O) groups is 2. The molecule has 0 radical (unpaired) electrons. The normalized spacial score (nSPS) is 18.7. The molecule has 0 spiro atoms. The van der Waals surface area contributed by atoms with Crippen molar-refractivity contribution in [2.45, 2.75) is 70.6 Å². The lowest BCUT2D eigenvalue weighted by Gasteiger charge is -2.38. The van der Waals surface area contributed by atoms with Crippen molar-refractivity contribution in [2.24, 2.45) is 0 Å². The maximum Gasteiger partial charge on any atom is 0.408 e. The van der Waals surface area contributed by atoms with Crippen molar-refractivity contribution in [3.8, 4) is 0 Å². The van der Waals surface area contributed by atoms with Gasteiger partial charge in [0.05, 0.1) is 6.04 Å². The number of alkyl carbamates (subject to hydrolysis) is 1. The Morgan fingerprint density at radius 3 is 2.47 bits per heavy atom. The van der Waals surface area contributed by atoms with Crippen molar-refractivity contribution in [3.05, 3.63) is 59.4 Å². The lowest BCUT2D eigenvalue weighted by molar-refractivity contribution is 0.0498. The van der Waals surface area contributed by atoms with Crippen LogP contribution in [0, 0.1) is 0 Å². The number of anilines is 1. The van der Waals surface area contributed by atoms with Gasteiger partial charge in [-0.15, -0.1) is 0 Å². The summed E-state index contributed by atoms with van der Waals surface area (Å²) in [6, 6.07) is 10.1. The molecule has 7 nitrogen and oxygen atoms in total. The molecule has 7 heteroatoms. The number of amides is 2. The van der Waals surface area contributed by atoms with E-state index >= 15 is 0 Å². The monoisotopic (exact) mass is 464 g/mol. The standard InChI is InChI=1S/C27H36N4O3/c1-27(2,3)34-26(33)29-24-7-5-6-19-8-9-20(18-23(19)24)25(32)30(4)21-12-16-31(17-13-21)22-10-14-28-15-11-22/h8-11,14-15,18,21,24H,5-7,12-13,16-17H2,1-4H3,(H,29,33).